The SMILES string of the molecule is CC(=O)C1(c2cn[nH]c2-c2ccccc2)CC1. The topological polar surface area (TPSA) is 45.8 Å². The Morgan fingerprint density at radius 2 is 2.00 bits per heavy atom. The van der Waals surface area contributed by atoms with Gasteiger partial charge in [0.1, 0.15) is 5.78 Å². The molecule has 0 saturated heterocycles. The number of benzene rings is 1. The van der Waals surface area contributed by atoms with Crippen LogP contribution in [0.15, 0.2) is 36.5 Å². The highest BCUT2D eigenvalue weighted by molar-refractivity contribution is 5.93. The van der Waals surface area contributed by atoms with Gasteiger partial charge in [-0.2, -0.15) is 5.10 Å². The minimum atomic E-state index is -0.266. The van der Waals surface area contributed by atoms with Gasteiger partial charge in [0, 0.05) is 5.56 Å². The van der Waals surface area contributed by atoms with Crippen LogP contribution in [0.4, 0.5) is 0 Å². The van der Waals surface area contributed by atoms with E-state index in [2.05, 4.69) is 10.2 Å². The molecule has 1 aromatic carbocycles. The van der Waals surface area contributed by atoms with Gasteiger partial charge in [0.05, 0.1) is 17.3 Å². The molecular weight excluding hydrogens is 212 g/mol. The average molecular weight is 226 g/mol. The van der Waals surface area contributed by atoms with Crippen molar-refractivity contribution in [2.75, 3.05) is 0 Å². The van der Waals surface area contributed by atoms with Gasteiger partial charge in [-0.15, -0.1) is 0 Å². The number of ketones is 1. The summed E-state index contributed by atoms with van der Waals surface area (Å²) in [6, 6.07) is 10.0. The van der Waals surface area contributed by atoms with E-state index in [1.165, 1.54) is 0 Å². The first kappa shape index (κ1) is 10.3. The molecule has 0 bridgehead atoms. The summed E-state index contributed by atoms with van der Waals surface area (Å²) in [4.78, 5) is 11.8. The highest BCUT2D eigenvalue weighted by Crippen LogP contribution is 2.51. The Morgan fingerprint density at radius 3 is 2.59 bits per heavy atom. The minimum Gasteiger partial charge on any atom is -0.299 e. The first-order valence-corrected chi connectivity index (χ1v) is 5.84. The fraction of sp³-hybridized carbons (Fsp3) is 0.286. The average Bonchev–Trinajstić information content (AvgIpc) is 3.02. The lowest BCUT2D eigenvalue weighted by atomic mass is 9.90. The second kappa shape index (κ2) is 3.55. The molecule has 0 amide bonds. The number of carbonyl (C=O) groups is 1. The third kappa shape index (κ3) is 1.50. The Kier molecular flexibility index (Phi) is 2.15. The number of hydrogen-bond acceptors (Lipinski definition) is 2. The quantitative estimate of drug-likeness (QED) is 0.874. The molecule has 3 nitrogen and oxygen atoms in total. The number of carbonyl (C=O) groups excluding carboxylic acids is 1. The Hall–Kier alpha value is -1.90. The molecule has 0 unspecified atom stereocenters. The van der Waals surface area contributed by atoms with Crippen LogP contribution in [0.1, 0.15) is 25.3 Å². The van der Waals surface area contributed by atoms with Crippen molar-refractivity contribution in [3.8, 4) is 11.3 Å². The summed E-state index contributed by atoms with van der Waals surface area (Å²) in [5.74, 6) is 0.246. The summed E-state index contributed by atoms with van der Waals surface area (Å²) in [6.07, 6.45) is 3.69. The van der Waals surface area contributed by atoms with Gasteiger partial charge in [-0.3, -0.25) is 9.89 Å². The fourth-order valence-corrected chi connectivity index (χ4v) is 2.41. The van der Waals surface area contributed by atoms with E-state index >= 15 is 0 Å². The smallest absolute Gasteiger partial charge is 0.140 e. The molecule has 3 heteroatoms. The number of rotatable bonds is 3. The van der Waals surface area contributed by atoms with E-state index in [-0.39, 0.29) is 11.2 Å². The molecule has 1 heterocycles. The summed E-state index contributed by atoms with van der Waals surface area (Å²) < 4.78 is 0. The molecule has 86 valence electrons. The van der Waals surface area contributed by atoms with Crippen LogP contribution < -0.4 is 0 Å². The van der Waals surface area contributed by atoms with Crippen LogP contribution >= 0.6 is 0 Å². The van der Waals surface area contributed by atoms with Crippen molar-refractivity contribution < 1.29 is 4.79 Å². The maximum absolute atomic E-state index is 11.8. The zero-order valence-corrected chi connectivity index (χ0v) is 9.73. The van der Waals surface area contributed by atoms with Crippen LogP contribution in [0.5, 0.6) is 0 Å². The molecule has 17 heavy (non-hydrogen) atoms. The van der Waals surface area contributed by atoms with Gasteiger partial charge in [-0.1, -0.05) is 30.3 Å². The normalized spacial score (nSPS) is 16.8. The third-order valence-electron chi connectivity index (χ3n) is 3.64. The van der Waals surface area contributed by atoms with Crippen molar-refractivity contribution in [3.63, 3.8) is 0 Å². The fourth-order valence-electron chi connectivity index (χ4n) is 2.41. The number of hydrogen-bond donors (Lipinski definition) is 1. The van der Waals surface area contributed by atoms with E-state index in [0.29, 0.717) is 0 Å². The van der Waals surface area contributed by atoms with E-state index in [0.717, 1.165) is 29.7 Å². The standard InChI is InChI=1S/C14H14N2O/c1-10(17)14(7-8-14)12-9-15-16-13(12)11-5-3-2-4-6-11/h2-6,9H,7-8H2,1H3,(H,15,16). The third-order valence-corrected chi connectivity index (χ3v) is 3.64. The highest BCUT2D eigenvalue weighted by Gasteiger charge is 2.50. The zero-order chi connectivity index (χ0) is 11.9. The van der Waals surface area contributed by atoms with Crippen molar-refractivity contribution in [1.82, 2.24) is 10.2 Å². The highest BCUT2D eigenvalue weighted by atomic mass is 16.1. The molecule has 0 radical (unpaired) electrons. The monoisotopic (exact) mass is 226 g/mol. The van der Waals surface area contributed by atoms with Crippen LogP contribution in [0.25, 0.3) is 11.3 Å². The second-order valence-corrected chi connectivity index (χ2v) is 4.66. The number of nitrogens with zero attached hydrogens (tertiary/aromatic N) is 1. The number of H-pyrrole nitrogens is 1. The molecule has 2 aromatic rings. The Bertz CT molecular complexity index is 553. The lowest BCUT2D eigenvalue weighted by Crippen LogP contribution is -2.17. The van der Waals surface area contributed by atoms with E-state index in [1.807, 2.05) is 30.3 Å². The van der Waals surface area contributed by atoms with Gasteiger partial charge < -0.3 is 0 Å². The summed E-state index contributed by atoms with van der Waals surface area (Å²) >= 11 is 0. The molecule has 1 aliphatic rings. The largest absolute Gasteiger partial charge is 0.299 e. The molecule has 0 spiro atoms. The molecular formula is C14H14N2O. The van der Waals surface area contributed by atoms with Crippen LogP contribution in [0.2, 0.25) is 0 Å². The van der Waals surface area contributed by atoms with Crippen LogP contribution in [0, 0.1) is 0 Å². The number of nitrogens with one attached hydrogen (secondary N) is 1. The number of aromatic nitrogens is 2. The van der Waals surface area contributed by atoms with Crippen molar-refractivity contribution in [2.24, 2.45) is 0 Å². The number of Topliss-reactive ketones (excluding diaryl/α,β-unsaturated/α-hetero) is 1. The molecule has 3 rings (SSSR count). The summed E-state index contributed by atoms with van der Waals surface area (Å²) in [7, 11) is 0. The van der Waals surface area contributed by atoms with Gasteiger partial charge >= 0.3 is 0 Å². The molecule has 1 saturated carbocycles. The van der Waals surface area contributed by atoms with Gasteiger partial charge in [0.2, 0.25) is 0 Å². The van der Waals surface area contributed by atoms with Gasteiger partial charge in [0.25, 0.3) is 0 Å². The summed E-state index contributed by atoms with van der Waals surface area (Å²) in [5, 5.41) is 7.13. The van der Waals surface area contributed by atoms with E-state index in [4.69, 9.17) is 0 Å². The number of aromatic amines is 1. The van der Waals surface area contributed by atoms with Crippen molar-refractivity contribution in [3.05, 3.63) is 42.1 Å². The van der Waals surface area contributed by atoms with Crippen molar-refractivity contribution in [2.45, 2.75) is 25.2 Å². The molecule has 0 aliphatic heterocycles. The molecule has 1 fully saturated rings. The molecule has 1 aromatic heterocycles. The van der Waals surface area contributed by atoms with Gasteiger partial charge in [-0.25, -0.2) is 0 Å². The van der Waals surface area contributed by atoms with Gasteiger partial charge in [-0.05, 0) is 25.3 Å². The lowest BCUT2D eigenvalue weighted by molar-refractivity contribution is -0.119. The maximum Gasteiger partial charge on any atom is 0.140 e. The molecule has 1 aliphatic carbocycles. The second-order valence-electron chi connectivity index (χ2n) is 4.66. The van der Waals surface area contributed by atoms with Crippen LogP contribution in [-0.4, -0.2) is 16.0 Å². The zero-order valence-electron chi connectivity index (χ0n) is 9.73. The summed E-state index contributed by atoms with van der Waals surface area (Å²) in [6.45, 7) is 1.68. The van der Waals surface area contributed by atoms with E-state index in [9.17, 15) is 4.79 Å². The van der Waals surface area contributed by atoms with Crippen molar-refractivity contribution in [1.29, 1.82) is 0 Å². The maximum atomic E-state index is 11.8. The first-order valence-electron chi connectivity index (χ1n) is 5.84. The Balaban J connectivity index is 2.10. The van der Waals surface area contributed by atoms with E-state index < -0.39 is 0 Å². The minimum absolute atomic E-state index is 0.246. The molecule has 1 N–H and O–H groups in total. The lowest BCUT2D eigenvalue weighted by Gasteiger charge is -2.11. The predicted octanol–water partition coefficient (Wildman–Crippen LogP) is 2.70. The van der Waals surface area contributed by atoms with Crippen molar-refractivity contribution >= 4 is 5.78 Å². The Morgan fingerprint density at radius 1 is 1.29 bits per heavy atom. The summed E-state index contributed by atoms with van der Waals surface area (Å²) in [5.41, 5.74) is 2.86. The molecule has 0 atom stereocenters. The Labute approximate surface area is 99.9 Å². The van der Waals surface area contributed by atoms with Crippen LogP contribution in [0.3, 0.4) is 0 Å². The first-order chi connectivity index (χ1) is 8.24. The van der Waals surface area contributed by atoms with E-state index in [1.54, 1.807) is 13.1 Å². The van der Waals surface area contributed by atoms with Crippen LogP contribution in [-0.2, 0) is 10.2 Å². The predicted molar refractivity (Wildman–Crippen MR) is 65.6 cm³/mol. The van der Waals surface area contributed by atoms with Gasteiger partial charge in [0.15, 0.2) is 0 Å².